The Morgan fingerprint density at radius 3 is 2.78 bits per heavy atom. The van der Waals surface area contributed by atoms with Crippen molar-refractivity contribution in [3.63, 3.8) is 0 Å². The molecule has 0 amide bonds. The minimum absolute atomic E-state index is 0.205. The average Bonchev–Trinajstić information content (AvgIpc) is 2.66. The summed E-state index contributed by atoms with van der Waals surface area (Å²) in [7, 11) is 0. The smallest absolute Gasteiger partial charge is 0.208 e. The van der Waals surface area contributed by atoms with Crippen LogP contribution in [0.1, 0.15) is 35.9 Å². The third-order valence-corrected chi connectivity index (χ3v) is 3.22. The van der Waals surface area contributed by atoms with E-state index in [1.165, 1.54) is 0 Å². The molecule has 0 bridgehead atoms. The van der Waals surface area contributed by atoms with Gasteiger partial charge < -0.3 is 9.73 Å². The van der Waals surface area contributed by atoms with E-state index in [-0.39, 0.29) is 6.04 Å². The van der Waals surface area contributed by atoms with E-state index in [4.69, 9.17) is 16.0 Å². The number of hydrogen-bond acceptors (Lipinski definition) is 3. The Morgan fingerprint density at radius 1 is 1.39 bits per heavy atom. The van der Waals surface area contributed by atoms with Crippen molar-refractivity contribution in [1.29, 1.82) is 0 Å². The molecule has 0 radical (unpaired) electrons. The van der Waals surface area contributed by atoms with Gasteiger partial charge >= 0.3 is 0 Å². The average molecular weight is 265 g/mol. The maximum atomic E-state index is 5.97. The van der Waals surface area contributed by atoms with Gasteiger partial charge in [0.2, 0.25) is 5.89 Å². The maximum absolute atomic E-state index is 5.97. The second-order valence-electron chi connectivity index (χ2n) is 4.41. The zero-order chi connectivity index (χ0) is 13.1. The highest BCUT2D eigenvalue weighted by Crippen LogP contribution is 2.18. The van der Waals surface area contributed by atoms with Gasteiger partial charge in [0.25, 0.3) is 0 Å². The molecule has 0 aliphatic heterocycles. The number of rotatable bonds is 4. The van der Waals surface area contributed by atoms with Crippen molar-refractivity contribution in [3.05, 3.63) is 52.2 Å². The van der Waals surface area contributed by atoms with Gasteiger partial charge in [-0.25, -0.2) is 4.98 Å². The number of oxazole rings is 1. The zero-order valence-corrected chi connectivity index (χ0v) is 11.6. The minimum atomic E-state index is 0.205. The third kappa shape index (κ3) is 3.12. The first-order valence-corrected chi connectivity index (χ1v) is 6.36. The second kappa shape index (κ2) is 5.55. The predicted molar refractivity (Wildman–Crippen MR) is 72.7 cm³/mol. The molecule has 1 N–H and O–H groups in total. The third-order valence-electron chi connectivity index (χ3n) is 2.98. The normalized spacial score (nSPS) is 12.7. The van der Waals surface area contributed by atoms with E-state index in [0.717, 1.165) is 27.9 Å². The fourth-order valence-electron chi connectivity index (χ4n) is 1.75. The van der Waals surface area contributed by atoms with Gasteiger partial charge in [-0.3, -0.25) is 0 Å². The first kappa shape index (κ1) is 13.1. The largest absolute Gasteiger partial charge is 0.444 e. The quantitative estimate of drug-likeness (QED) is 0.913. The molecule has 1 atom stereocenters. The van der Waals surface area contributed by atoms with Crippen molar-refractivity contribution in [3.8, 4) is 0 Å². The van der Waals surface area contributed by atoms with Gasteiger partial charge in [0.05, 0.1) is 12.2 Å². The summed E-state index contributed by atoms with van der Waals surface area (Å²) in [5.74, 6) is 1.60. The van der Waals surface area contributed by atoms with E-state index in [0.29, 0.717) is 6.54 Å². The molecule has 1 aromatic carbocycles. The van der Waals surface area contributed by atoms with Gasteiger partial charge in [0.1, 0.15) is 5.76 Å². The Balaban J connectivity index is 1.98. The fraction of sp³-hybridized carbons (Fsp3) is 0.357. The Kier molecular flexibility index (Phi) is 4.04. The van der Waals surface area contributed by atoms with Gasteiger partial charge in [-0.1, -0.05) is 23.7 Å². The molecule has 0 aliphatic carbocycles. The zero-order valence-electron chi connectivity index (χ0n) is 10.8. The number of nitrogens with zero attached hydrogens (tertiary/aromatic N) is 1. The molecule has 0 aliphatic rings. The van der Waals surface area contributed by atoms with Crippen LogP contribution in [0.5, 0.6) is 0 Å². The number of halogens is 1. The van der Waals surface area contributed by atoms with Crippen LogP contribution in [0, 0.1) is 13.8 Å². The lowest BCUT2D eigenvalue weighted by molar-refractivity contribution is 0.432. The molecule has 1 heterocycles. The molecule has 0 saturated heterocycles. The number of benzene rings is 1. The van der Waals surface area contributed by atoms with Crippen LogP contribution >= 0.6 is 11.6 Å². The summed E-state index contributed by atoms with van der Waals surface area (Å²) in [6.07, 6.45) is 0. The van der Waals surface area contributed by atoms with Crippen molar-refractivity contribution in [2.75, 3.05) is 0 Å². The van der Waals surface area contributed by atoms with Gasteiger partial charge in [-0.2, -0.15) is 0 Å². The Morgan fingerprint density at radius 2 is 2.17 bits per heavy atom. The molecule has 0 spiro atoms. The van der Waals surface area contributed by atoms with Gasteiger partial charge in [0, 0.05) is 11.1 Å². The van der Waals surface area contributed by atoms with Crippen molar-refractivity contribution in [2.45, 2.75) is 33.4 Å². The van der Waals surface area contributed by atoms with Crippen LogP contribution in [0.2, 0.25) is 5.02 Å². The van der Waals surface area contributed by atoms with Crippen molar-refractivity contribution < 1.29 is 4.42 Å². The first-order chi connectivity index (χ1) is 8.56. The maximum Gasteiger partial charge on any atom is 0.208 e. The Hall–Kier alpha value is -1.32. The van der Waals surface area contributed by atoms with E-state index >= 15 is 0 Å². The van der Waals surface area contributed by atoms with Crippen LogP contribution in [0.25, 0.3) is 0 Å². The lowest BCUT2D eigenvalue weighted by Gasteiger charge is -2.13. The van der Waals surface area contributed by atoms with Crippen molar-refractivity contribution in [1.82, 2.24) is 10.3 Å². The minimum Gasteiger partial charge on any atom is -0.444 e. The van der Waals surface area contributed by atoms with Crippen LogP contribution in [0.3, 0.4) is 0 Å². The molecule has 1 aromatic heterocycles. The molecule has 18 heavy (non-hydrogen) atoms. The molecule has 0 fully saturated rings. The lowest BCUT2D eigenvalue weighted by Crippen LogP contribution is -2.18. The molecule has 0 unspecified atom stereocenters. The second-order valence-corrected chi connectivity index (χ2v) is 4.84. The van der Waals surface area contributed by atoms with E-state index in [1.807, 2.05) is 32.0 Å². The molecule has 2 rings (SSSR count). The van der Waals surface area contributed by atoms with Gasteiger partial charge in [-0.05, 0) is 38.5 Å². The summed E-state index contributed by atoms with van der Waals surface area (Å²) in [6, 6.07) is 8.05. The molecule has 3 nitrogen and oxygen atoms in total. The summed E-state index contributed by atoms with van der Waals surface area (Å²) in [5.41, 5.74) is 2.10. The highest BCUT2D eigenvalue weighted by molar-refractivity contribution is 6.30. The van der Waals surface area contributed by atoms with Gasteiger partial charge in [0.15, 0.2) is 0 Å². The number of hydrogen-bond donors (Lipinski definition) is 1. The highest BCUT2D eigenvalue weighted by Gasteiger charge is 2.09. The van der Waals surface area contributed by atoms with E-state index < -0.39 is 0 Å². The molecular weight excluding hydrogens is 248 g/mol. The van der Waals surface area contributed by atoms with Crippen LogP contribution in [0.4, 0.5) is 0 Å². The first-order valence-electron chi connectivity index (χ1n) is 5.98. The van der Waals surface area contributed by atoms with Crippen molar-refractivity contribution >= 4 is 11.6 Å². The van der Waals surface area contributed by atoms with Gasteiger partial charge in [-0.15, -0.1) is 0 Å². The monoisotopic (exact) mass is 264 g/mol. The summed E-state index contributed by atoms with van der Waals surface area (Å²) in [5, 5.41) is 4.12. The molecule has 0 saturated carbocycles. The summed E-state index contributed by atoms with van der Waals surface area (Å²) in [6.45, 7) is 6.58. The summed E-state index contributed by atoms with van der Waals surface area (Å²) in [4.78, 5) is 4.34. The summed E-state index contributed by atoms with van der Waals surface area (Å²) < 4.78 is 5.52. The molecule has 2 aromatic rings. The van der Waals surface area contributed by atoms with Crippen molar-refractivity contribution in [2.24, 2.45) is 0 Å². The van der Waals surface area contributed by atoms with E-state index in [9.17, 15) is 0 Å². The molecule has 4 heteroatoms. The summed E-state index contributed by atoms with van der Waals surface area (Å²) >= 11 is 5.97. The SMILES string of the molecule is Cc1nc(CN[C@@H](C)c2cccc(Cl)c2)oc1C. The van der Waals surface area contributed by atoms with E-state index in [1.54, 1.807) is 0 Å². The Labute approximate surface area is 112 Å². The highest BCUT2D eigenvalue weighted by atomic mass is 35.5. The topological polar surface area (TPSA) is 38.1 Å². The standard InChI is InChI=1S/C14H17ClN2O/c1-9-11(3)18-14(17-9)8-16-10(2)12-5-4-6-13(15)7-12/h4-7,10,16H,8H2,1-3H3/t10-/m0/s1. The van der Waals surface area contributed by atoms with E-state index in [2.05, 4.69) is 23.3 Å². The van der Waals surface area contributed by atoms with Crippen LogP contribution in [0.15, 0.2) is 28.7 Å². The Bertz CT molecular complexity index is 517. The number of aromatic nitrogens is 1. The fourth-order valence-corrected chi connectivity index (χ4v) is 1.95. The lowest BCUT2D eigenvalue weighted by atomic mass is 10.1. The number of aryl methyl sites for hydroxylation is 2. The van der Waals surface area contributed by atoms with Crippen LogP contribution in [-0.2, 0) is 6.54 Å². The van der Waals surface area contributed by atoms with Crippen LogP contribution in [-0.4, -0.2) is 4.98 Å². The predicted octanol–water partition coefficient (Wildman–Crippen LogP) is 3.80. The number of nitrogens with one attached hydrogen (secondary N) is 1. The molecule has 96 valence electrons. The van der Waals surface area contributed by atoms with Crippen LogP contribution < -0.4 is 5.32 Å². The molecular formula is C14H17ClN2O.